The van der Waals surface area contributed by atoms with Crippen molar-refractivity contribution in [3.63, 3.8) is 0 Å². The van der Waals surface area contributed by atoms with Gasteiger partial charge in [0.1, 0.15) is 5.82 Å². The number of nitrogens with two attached hydrogens (primary N) is 1. The molecule has 0 spiro atoms. The summed E-state index contributed by atoms with van der Waals surface area (Å²) in [4.78, 5) is 24.9. The molecule has 0 fully saturated rings. The Bertz CT molecular complexity index is 473. The standard InChI is InChI=1S/C13H17FN2O3/c1-3-16(4-2)12(17)8-19-13(18)10-6-5-9(14)7-11(10)15/h5-7H,3-4,8,15H2,1-2H3. The number of benzene rings is 1. The maximum Gasteiger partial charge on any atom is 0.340 e. The number of halogens is 1. The molecule has 0 aromatic heterocycles. The van der Waals surface area contributed by atoms with Crippen molar-refractivity contribution in [3.05, 3.63) is 29.6 Å². The van der Waals surface area contributed by atoms with Crippen LogP contribution >= 0.6 is 0 Å². The van der Waals surface area contributed by atoms with Gasteiger partial charge >= 0.3 is 5.97 Å². The highest BCUT2D eigenvalue weighted by molar-refractivity contribution is 5.96. The van der Waals surface area contributed by atoms with Gasteiger partial charge in [0, 0.05) is 18.8 Å². The zero-order chi connectivity index (χ0) is 14.4. The van der Waals surface area contributed by atoms with Gasteiger partial charge in [0.05, 0.1) is 5.56 Å². The molecule has 0 aliphatic rings. The molecule has 0 atom stereocenters. The normalized spacial score (nSPS) is 10.1. The van der Waals surface area contributed by atoms with Crippen LogP contribution in [-0.4, -0.2) is 36.5 Å². The van der Waals surface area contributed by atoms with E-state index in [4.69, 9.17) is 10.5 Å². The third-order valence-electron chi connectivity index (χ3n) is 2.68. The number of likely N-dealkylation sites (N-methyl/N-ethyl adjacent to an activating group) is 1. The van der Waals surface area contributed by atoms with Crippen LogP contribution in [0.5, 0.6) is 0 Å². The van der Waals surface area contributed by atoms with Crippen molar-refractivity contribution >= 4 is 17.6 Å². The summed E-state index contributed by atoms with van der Waals surface area (Å²) >= 11 is 0. The van der Waals surface area contributed by atoms with Crippen LogP contribution in [0.15, 0.2) is 18.2 Å². The minimum absolute atomic E-state index is 0.0136. The molecule has 6 heteroatoms. The molecule has 0 radical (unpaired) electrons. The van der Waals surface area contributed by atoms with Crippen LogP contribution in [0.1, 0.15) is 24.2 Å². The molecule has 1 amide bonds. The summed E-state index contributed by atoms with van der Waals surface area (Å²) in [5, 5.41) is 0. The summed E-state index contributed by atoms with van der Waals surface area (Å²) in [7, 11) is 0. The summed E-state index contributed by atoms with van der Waals surface area (Å²) in [5.41, 5.74) is 5.54. The first kappa shape index (κ1) is 14.9. The monoisotopic (exact) mass is 268 g/mol. The van der Waals surface area contributed by atoms with Gasteiger partial charge in [0.25, 0.3) is 5.91 Å². The number of nitrogen functional groups attached to an aromatic ring is 1. The first-order valence-electron chi connectivity index (χ1n) is 5.99. The lowest BCUT2D eigenvalue weighted by Crippen LogP contribution is -2.34. The Balaban J connectivity index is 2.63. The molecule has 0 saturated carbocycles. The topological polar surface area (TPSA) is 72.6 Å². The lowest BCUT2D eigenvalue weighted by atomic mass is 10.2. The van der Waals surface area contributed by atoms with E-state index in [1.807, 2.05) is 13.8 Å². The van der Waals surface area contributed by atoms with Gasteiger partial charge in [-0.3, -0.25) is 4.79 Å². The van der Waals surface area contributed by atoms with Crippen molar-refractivity contribution in [2.45, 2.75) is 13.8 Å². The van der Waals surface area contributed by atoms with E-state index in [2.05, 4.69) is 0 Å². The number of amides is 1. The Morgan fingerprint density at radius 1 is 1.32 bits per heavy atom. The molecule has 2 N–H and O–H groups in total. The second-order valence-electron chi connectivity index (χ2n) is 3.87. The van der Waals surface area contributed by atoms with E-state index >= 15 is 0 Å². The summed E-state index contributed by atoms with van der Waals surface area (Å²) in [6, 6.07) is 3.37. The number of carbonyl (C=O) groups excluding carboxylic acids is 2. The van der Waals surface area contributed by atoms with Crippen molar-refractivity contribution in [2.75, 3.05) is 25.4 Å². The largest absolute Gasteiger partial charge is 0.452 e. The van der Waals surface area contributed by atoms with Gasteiger partial charge in [-0.2, -0.15) is 0 Å². The van der Waals surface area contributed by atoms with Crippen LogP contribution < -0.4 is 5.73 Å². The molecule has 104 valence electrons. The number of hydrogen-bond acceptors (Lipinski definition) is 4. The maximum absolute atomic E-state index is 12.8. The molecule has 0 bridgehead atoms. The number of esters is 1. The molecule has 0 aliphatic heterocycles. The molecular weight excluding hydrogens is 251 g/mol. The fourth-order valence-electron chi connectivity index (χ4n) is 1.59. The third-order valence-corrected chi connectivity index (χ3v) is 2.68. The highest BCUT2D eigenvalue weighted by Crippen LogP contribution is 2.14. The first-order chi connectivity index (χ1) is 8.99. The first-order valence-corrected chi connectivity index (χ1v) is 5.99. The maximum atomic E-state index is 12.8. The molecule has 19 heavy (non-hydrogen) atoms. The van der Waals surface area contributed by atoms with E-state index in [9.17, 15) is 14.0 Å². The molecule has 1 rings (SSSR count). The quantitative estimate of drug-likeness (QED) is 0.647. The van der Waals surface area contributed by atoms with E-state index < -0.39 is 11.8 Å². The smallest absolute Gasteiger partial charge is 0.340 e. The average molecular weight is 268 g/mol. The van der Waals surface area contributed by atoms with E-state index in [1.165, 1.54) is 6.07 Å². The average Bonchev–Trinajstić information content (AvgIpc) is 2.37. The molecule has 1 aromatic rings. The highest BCUT2D eigenvalue weighted by Gasteiger charge is 2.16. The summed E-state index contributed by atoms with van der Waals surface area (Å²) in [6.45, 7) is 4.41. The molecule has 0 aliphatic carbocycles. The minimum atomic E-state index is -0.738. The second kappa shape index (κ2) is 6.72. The van der Waals surface area contributed by atoms with Crippen molar-refractivity contribution in [1.82, 2.24) is 4.90 Å². The highest BCUT2D eigenvalue weighted by atomic mass is 19.1. The van der Waals surface area contributed by atoms with Crippen molar-refractivity contribution in [3.8, 4) is 0 Å². The SMILES string of the molecule is CCN(CC)C(=O)COC(=O)c1ccc(F)cc1N. The Labute approximate surface area is 111 Å². The summed E-state index contributed by atoms with van der Waals surface area (Å²) in [5.74, 6) is -1.55. The minimum Gasteiger partial charge on any atom is -0.452 e. The lowest BCUT2D eigenvalue weighted by Gasteiger charge is -2.18. The fraction of sp³-hybridized carbons (Fsp3) is 0.385. The van der Waals surface area contributed by atoms with E-state index in [-0.39, 0.29) is 23.8 Å². The Morgan fingerprint density at radius 3 is 2.47 bits per heavy atom. The van der Waals surface area contributed by atoms with Crippen LogP contribution in [0, 0.1) is 5.82 Å². The second-order valence-corrected chi connectivity index (χ2v) is 3.87. The van der Waals surface area contributed by atoms with Gasteiger partial charge in [-0.1, -0.05) is 0 Å². The number of nitrogens with zero attached hydrogens (tertiary/aromatic N) is 1. The zero-order valence-electron chi connectivity index (χ0n) is 11.0. The van der Waals surface area contributed by atoms with Crippen LogP contribution in [0.3, 0.4) is 0 Å². The van der Waals surface area contributed by atoms with E-state index in [0.29, 0.717) is 13.1 Å². The number of hydrogen-bond donors (Lipinski definition) is 1. The Kier molecular flexibility index (Phi) is 5.29. The Hall–Kier alpha value is -2.11. The summed E-state index contributed by atoms with van der Waals surface area (Å²) in [6.07, 6.45) is 0. The number of ether oxygens (including phenoxy) is 1. The van der Waals surface area contributed by atoms with Crippen LogP contribution in [-0.2, 0) is 9.53 Å². The third kappa shape index (κ3) is 3.94. The lowest BCUT2D eigenvalue weighted by molar-refractivity contribution is -0.134. The van der Waals surface area contributed by atoms with Crippen LogP contribution in [0.4, 0.5) is 10.1 Å². The zero-order valence-corrected chi connectivity index (χ0v) is 11.0. The molecule has 0 unspecified atom stereocenters. The van der Waals surface area contributed by atoms with Gasteiger partial charge in [-0.05, 0) is 32.0 Å². The van der Waals surface area contributed by atoms with Gasteiger partial charge < -0.3 is 15.4 Å². The predicted octanol–water partition coefficient (Wildman–Crippen LogP) is 1.43. The van der Waals surface area contributed by atoms with Gasteiger partial charge in [0.15, 0.2) is 6.61 Å². The van der Waals surface area contributed by atoms with Crippen LogP contribution in [0.25, 0.3) is 0 Å². The molecule has 1 aromatic carbocycles. The summed E-state index contributed by atoms with van der Waals surface area (Å²) < 4.78 is 17.7. The van der Waals surface area contributed by atoms with Gasteiger partial charge in [-0.25, -0.2) is 9.18 Å². The molecular formula is C13H17FN2O3. The molecule has 5 nitrogen and oxygen atoms in total. The Morgan fingerprint density at radius 2 is 1.95 bits per heavy atom. The molecule has 0 saturated heterocycles. The van der Waals surface area contributed by atoms with E-state index in [0.717, 1.165) is 12.1 Å². The number of rotatable bonds is 5. The number of anilines is 1. The molecule has 0 heterocycles. The fourth-order valence-corrected chi connectivity index (χ4v) is 1.59. The van der Waals surface area contributed by atoms with Crippen LogP contribution in [0.2, 0.25) is 0 Å². The van der Waals surface area contributed by atoms with Crippen molar-refractivity contribution in [1.29, 1.82) is 0 Å². The van der Waals surface area contributed by atoms with Gasteiger partial charge in [-0.15, -0.1) is 0 Å². The van der Waals surface area contributed by atoms with Crippen molar-refractivity contribution in [2.24, 2.45) is 0 Å². The number of carbonyl (C=O) groups is 2. The predicted molar refractivity (Wildman–Crippen MR) is 69.0 cm³/mol. The van der Waals surface area contributed by atoms with Crippen molar-refractivity contribution < 1.29 is 18.7 Å². The van der Waals surface area contributed by atoms with Gasteiger partial charge in [0.2, 0.25) is 0 Å². The van der Waals surface area contributed by atoms with E-state index in [1.54, 1.807) is 4.90 Å².